The van der Waals surface area contributed by atoms with E-state index in [1.54, 1.807) is 6.20 Å². The van der Waals surface area contributed by atoms with Crippen LogP contribution in [0.15, 0.2) is 53.1 Å². The molecule has 3 heteroatoms. The third-order valence-corrected chi connectivity index (χ3v) is 3.10. The molecule has 1 aromatic heterocycles. The number of rotatable bonds is 6. The molecule has 0 saturated heterocycles. The molecule has 2 nitrogen and oxygen atoms in total. The second kappa shape index (κ2) is 7.29. The summed E-state index contributed by atoms with van der Waals surface area (Å²) in [7, 11) is 0. The number of pyridine rings is 1. The third kappa shape index (κ3) is 4.59. The van der Waals surface area contributed by atoms with Crippen LogP contribution in [0.25, 0.3) is 0 Å². The van der Waals surface area contributed by atoms with Crippen LogP contribution in [-0.2, 0) is 17.8 Å². The van der Waals surface area contributed by atoms with Crippen molar-refractivity contribution in [2.45, 2.75) is 19.4 Å². The fourth-order valence-corrected chi connectivity index (χ4v) is 1.93. The minimum atomic E-state index is 0.585. The van der Waals surface area contributed by atoms with Crippen molar-refractivity contribution in [3.05, 3.63) is 64.4 Å². The van der Waals surface area contributed by atoms with E-state index >= 15 is 0 Å². The van der Waals surface area contributed by atoms with Gasteiger partial charge in [-0.3, -0.25) is 4.98 Å². The maximum absolute atomic E-state index is 5.60. The highest BCUT2D eigenvalue weighted by atomic mass is 79.9. The van der Waals surface area contributed by atoms with Crippen molar-refractivity contribution in [2.24, 2.45) is 0 Å². The normalized spacial score (nSPS) is 10.5. The Bertz CT molecular complexity index is 456. The zero-order valence-corrected chi connectivity index (χ0v) is 11.8. The van der Waals surface area contributed by atoms with Crippen molar-refractivity contribution in [2.75, 3.05) is 6.61 Å². The Hall–Kier alpha value is -1.19. The van der Waals surface area contributed by atoms with Crippen LogP contribution in [0.4, 0.5) is 0 Å². The van der Waals surface area contributed by atoms with Gasteiger partial charge in [0.15, 0.2) is 0 Å². The SMILES string of the molecule is Brc1ccc(COCCCc2ccccc2)nc1. The van der Waals surface area contributed by atoms with Crippen LogP contribution in [0, 0.1) is 0 Å². The van der Waals surface area contributed by atoms with Crippen molar-refractivity contribution in [1.29, 1.82) is 0 Å². The zero-order valence-electron chi connectivity index (χ0n) is 10.2. The fourth-order valence-electron chi connectivity index (χ4n) is 1.69. The molecule has 0 aliphatic carbocycles. The number of aryl methyl sites for hydroxylation is 1. The summed E-state index contributed by atoms with van der Waals surface area (Å²) in [5.41, 5.74) is 2.33. The minimum absolute atomic E-state index is 0.585. The standard InChI is InChI=1S/C15H16BrNO/c16-14-8-9-15(17-11-14)12-18-10-4-7-13-5-2-1-3-6-13/h1-3,5-6,8-9,11H,4,7,10,12H2. The van der Waals surface area contributed by atoms with Gasteiger partial charge in [-0.15, -0.1) is 0 Å². The van der Waals surface area contributed by atoms with Gasteiger partial charge in [-0.25, -0.2) is 0 Å². The van der Waals surface area contributed by atoms with E-state index in [9.17, 15) is 0 Å². The van der Waals surface area contributed by atoms with E-state index in [1.807, 2.05) is 18.2 Å². The van der Waals surface area contributed by atoms with Gasteiger partial charge in [-0.1, -0.05) is 30.3 Å². The molecule has 0 spiro atoms. The maximum atomic E-state index is 5.60. The van der Waals surface area contributed by atoms with Crippen molar-refractivity contribution in [3.63, 3.8) is 0 Å². The van der Waals surface area contributed by atoms with Crippen LogP contribution >= 0.6 is 15.9 Å². The summed E-state index contributed by atoms with van der Waals surface area (Å²) in [4.78, 5) is 4.26. The fraction of sp³-hybridized carbons (Fsp3) is 0.267. The van der Waals surface area contributed by atoms with Gasteiger partial charge in [0.1, 0.15) is 0 Å². The van der Waals surface area contributed by atoms with E-state index < -0.39 is 0 Å². The second-order valence-corrected chi connectivity index (χ2v) is 5.03. The molecular weight excluding hydrogens is 290 g/mol. The van der Waals surface area contributed by atoms with Crippen LogP contribution in [0.1, 0.15) is 17.7 Å². The molecule has 0 N–H and O–H groups in total. The minimum Gasteiger partial charge on any atom is -0.375 e. The Morgan fingerprint density at radius 1 is 1.06 bits per heavy atom. The summed E-state index contributed by atoms with van der Waals surface area (Å²) in [5, 5.41) is 0. The van der Waals surface area contributed by atoms with Gasteiger partial charge in [-0.2, -0.15) is 0 Å². The molecule has 2 aromatic rings. The lowest BCUT2D eigenvalue weighted by Gasteiger charge is -2.04. The maximum Gasteiger partial charge on any atom is 0.0887 e. The monoisotopic (exact) mass is 305 g/mol. The molecule has 2 rings (SSSR count). The predicted molar refractivity (Wildman–Crippen MR) is 76.4 cm³/mol. The number of ether oxygens (including phenoxy) is 1. The van der Waals surface area contributed by atoms with Gasteiger partial charge in [-0.05, 0) is 46.5 Å². The van der Waals surface area contributed by atoms with Gasteiger partial charge in [0.05, 0.1) is 12.3 Å². The molecule has 0 radical (unpaired) electrons. The smallest absolute Gasteiger partial charge is 0.0887 e. The Labute approximate surface area is 116 Å². The summed E-state index contributed by atoms with van der Waals surface area (Å²) >= 11 is 3.36. The van der Waals surface area contributed by atoms with Crippen molar-refractivity contribution >= 4 is 15.9 Å². The average molecular weight is 306 g/mol. The first kappa shape index (κ1) is 13.2. The van der Waals surface area contributed by atoms with E-state index in [2.05, 4.69) is 45.2 Å². The zero-order chi connectivity index (χ0) is 12.6. The Kier molecular flexibility index (Phi) is 5.36. The van der Waals surface area contributed by atoms with Crippen LogP contribution < -0.4 is 0 Å². The van der Waals surface area contributed by atoms with E-state index in [0.717, 1.165) is 29.6 Å². The molecular formula is C15H16BrNO. The molecule has 0 aliphatic rings. The second-order valence-electron chi connectivity index (χ2n) is 4.11. The third-order valence-electron chi connectivity index (χ3n) is 2.64. The Morgan fingerprint density at radius 3 is 2.61 bits per heavy atom. The summed E-state index contributed by atoms with van der Waals surface area (Å²) in [5.74, 6) is 0. The molecule has 0 bridgehead atoms. The van der Waals surface area contributed by atoms with E-state index in [-0.39, 0.29) is 0 Å². The summed E-state index contributed by atoms with van der Waals surface area (Å²) in [6.45, 7) is 1.36. The van der Waals surface area contributed by atoms with Gasteiger partial charge in [0.25, 0.3) is 0 Å². The molecule has 0 aliphatic heterocycles. The molecule has 94 valence electrons. The van der Waals surface area contributed by atoms with Gasteiger partial charge in [0.2, 0.25) is 0 Å². The van der Waals surface area contributed by atoms with Gasteiger partial charge in [0, 0.05) is 17.3 Å². The lowest BCUT2D eigenvalue weighted by molar-refractivity contribution is 0.116. The molecule has 0 fully saturated rings. The van der Waals surface area contributed by atoms with Gasteiger partial charge >= 0.3 is 0 Å². The molecule has 18 heavy (non-hydrogen) atoms. The molecule has 1 heterocycles. The summed E-state index contributed by atoms with van der Waals surface area (Å²) in [6.07, 6.45) is 3.90. The predicted octanol–water partition coefficient (Wildman–Crippen LogP) is 3.99. The number of nitrogens with zero attached hydrogens (tertiary/aromatic N) is 1. The van der Waals surface area contributed by atoms with Gasteiger partial charge < -0.3 is 4.74 Å². The van der Waals surface area contributed by atoms with E-state index in [0.29, 0.717) is 6.61 Å². The molecule has 0 atom stereocenters. The highest BCUT2D eigenvalue weighted by Gasteiger charge is 1.96. The number of benzene rings is 1. The molecule has 0 amide bonds. The van der Waals surface area contributed by atoms with Crippen molar-refractivity contribution in [1.82, 2.24) is 4.98 Å². The molecule has 0 saturated carbocycles. The first-order valence-electron chi connectivity index (χ1n) is 6.07. The number of hydrogen-bond acceptors (Lipinski definition) is 2. The van der Waals surface area contributed by atoms with Crippen LogP contribution in [0.3, 0.4) is 0 Å². The lowest BCUT2D eigenvalue weighted by atomic mass is 10.1. The highest BCUT2D eigenvalue weighted by molar-refractivity contribution is 9.10. The van der Waals surface area contributed by atoms with Crippen LogP contribution in [0.2, 0.25) is 0 Å². The number of aromatic nitrogens is 1. The summed E-state index contributed by atoms with van der Waals surface area (Å²) < 4.78 is 6.60. The lowest BCUT2D eigenvalue weighted by Crippen LogP contribution is -1.99. The Balaban J connectivity index is 1.63. The molecule has 0 unspecified atom stereocenters. The number of hydrogen-bond donors (Lipinski definition) is 0. The first-order chi connectivity index (χ1) is 8.84. The van der Waals surface area contributed by atoms with E-state index in [4.69, 9.17) is 4.74 Å². The Morgan fingerprint density at radius 2 is 1.89 bits per heavy atom. The van der Waals surface area contributed by atoms with Crippen LogP contribution in [-0.4, -0.2) is 11.6 Å². The van der Waals surface area contributed by atoms with Crippen molar-refractivity contribution in [3.8, 4) is 0 Å². The quantitative estimate of drug-likeness (QED) is 0.753. The summed E-state index contributed by atoms with van der Waals surface area (Å²) in [6, 6.07) is 14.4. The van der Waals surface area contributed by atoms with Crippen LogP contribution in [0.5, 0.6) is 0 Å². The number of halogens is 1. The largest absolute Gasteiger partial charge is 0.375 e. The van der Waals surface area contributed by atoms with E-state index in [1.165, 1.54) is 5.56 Å². The van der Waals surface area contributed by atoms with Crippen molar-refractivity contribution < 1.29 is 4.74 Å². The molecule has 1 aromatic carbocycles. The topological polar surface area (TPSA) is 22.1 Å². The highest BCUT2D eigenvalue weighted by Crippen LogP contribution is 2.08. The average Bonchev–Trinajstić information content (AvgIpc) is 2.42. The first-order valence-corrected chi connectivity index (χ1v) is 6.86.